The number of carbonyl (C=O) groups is 1. The van der Waals surface area contributed by atoms with Gasteiger partial charge in [-0.15, -0.1) is 0 Å². The van der Waals surface area contributed by atoms with Crippen LogP contribution in [0.5, 0.6) is 0 Å². The van der Waals surface area contributed by atoms with Crippen molar-refractivity contribution >= 4 is 6.03 Å². The Balaban J connectivity index is 1.73. The summed E-state index contributed by atoms with van der Waals surface area (Å²) in [4.78, 5) is 16.4. The van der Waals surface area contributed by atoms with E-state index < -0.39 is 0 Å². The molecule has 2 saturated heterocycles. The second-order valence-corrected chi connectivity index (χ2v) is 6.01. The topological polar surface area (TPSA) is 35.6 Å². The van der Waals surface area contributed by atoms with Gasteiger partial charge in [0.2, 0.25) is 0 Å². The zero-order valence-corrected chi connectivity index (χ0v) is 11.8. The minimum atomic E-state index is 0.139. The lowest BCUT2D eigenvalue weighted by molar-refractivity contribution is 0.155. The van der Waals surface area contributed by atoms with Crippen molar-refractivity contribution in [2.75, 3.05) is 33.2 Å². The van der Waals surface area contributed by atoms with Crippen LogP contribution in [0.4, 0.5) is 4.79 Å². The number of nitrogens with one attached hydrogen (secondary N) is 1. The van der Waals surface area contributed by atoms with E-state index in [4.69, 9.17) is 0 Å². The van der Waals surface area contributed by atoms with Crippen LogP contribution in [0, 0.1) is 5.92 Å². The van der Waals surface area contributed by atoms with Gasteiger partial charge in [-0.2, -0.15) is 0 Å². The van der Waals surface area contributed by atoms with Crippen molar-refractivity contribution in [3.8, 4) is 0 Å². The van der Waals surface area contributed by atoms with Gasteiger partial charge in [0, 0.05) is 25.7 Å². The van der Waals surface area contributed by atoms with Crippen molar-refractivity contribution in [1.29, 1.82) is 0 Å². The average molecular weight is 253 g/mol. The number of hydrogen-bond acceptors (Lipinski definition) is 2. The first-order chi connectivity index (χ1) is 8.66. The Hall–Kier alpha value is -0.770. The Morgan fingerprint density at radius 1 is 1.22 bits per heavy atom. The van der Waals surface area contributed by atoms with Crippen molar-refractivity contribution in [2.45, 2.75) is 45.1 Å². The molecule has 1 N–H and O–H groups in total. The molecule has 2 unspecified atom stereocenters. The number of likely N-dealkylation sites (N-methyl/N-ethyl adjacent to an activating group) is 1. The molecule has 18 heavy (non-hydrogen) atoms. The van der Waals surface area contributed by atoms with Crippen LogP contribution in [0.1, 0.15) is 39.0 Å². The fraction of sp³-hybridized carbons (Fsp3) is 0.929. The molecule has 4 nitrogen and oxygen atoms in total. The van der Waals surface area contributed by atoms with E-state index in [1.165, 1.54) is 32.2 Å². The fourth-order valence-electron chi connectivity index (χ4n) is 3.09. The third-order valence-corrected chi connectivity index (χ3v) is 4.35. The standard InChI is InChI=1S/C14H27N3O/c1-12-6-5-9-17(11-12)14(18)15-10-13-7-3-4-8-16(13)2/h12-13H,3-11H2,1-2H3,(H,15,18). The second-order valence-electron chi connectivity index (χ2n) is 6.01. The quantitative estimate of drug-likeness (QED) is 0.816. The molecule has 0 spiro atoms. The maximum atomic E-state index is 12.1. The minimum Gasteiger partial charge on any atom is -0.336 e. The predicted molar refractivity (Wildman–Crippen MR) is 73.6 cm³/mol. The molecule has 2 fully saturated rings. The summed E-state index contributed by atoms with van der Waals surface area (Å²) in [6, 6.07) is 0.672. The number of nitrogens with zero attached hydrogens (tertiary/aromatic N) is 2. The fourth-order valence-corrected chi connectivity index (χ4v) is 3.09. The number of likely N-dealkylation sites (tertiary alicyclic amines) is 2. The Morgan fingerprint density at radius 2 is 2.06 bits per heavy atom. The summed E-state index contributed by atoms with van der Waals surface area (Å²) in [6.07, 6.45) is 6.22. The van der Waals surface area contributed by atoms with Gasteiger partial charge in [0.05, 0.1) is 0 Å². The maximum absolute atomic E-state index is 12.1. The largest absolute Gasteiger partial charge is 0.336 e. The van der Waals surface area contributed by atoms with E-state index in [1.54, 1.807) is 0 Å². The summed E-state index contributed by atoms with van der Waals surface area (Å²) < 4.78 is 0. The summed E-state index contributed by atoms with van der Waals surface area (Å²) in [5.74, 6) is 0.654. The summed E-state index contributed by atoms with van der Waals surface area (Å²) in [5, 5.41) is 3.12. The van der Waals surface area contributed by atoms with Crippen LogP contribution in [0.3, 0.4) is 0 Å². The van der Waals surface area contributed by atoms with Gasteiger partial charge in [-0.05, 0) is 45.2 Å². The highest BCUT2D eigenvalue weighted by Crippen LogP contribution is 2.16. The van der Waals surface area contributed by atoms with Crippen molar-refractivity contribution < 1.29 is 4.79 Å². The summed E-state index contributed by atoms with van der Waals surface area (Å²) in [7, 11) is 2.17. The van der Waals surface area contributed by atoms with Crippen molar-refractivity contribution in [3.63, 3.8) is 0 Å². The van der Waals surface area contributed by atoms with Gasteiger partial charge in [-0.3, -0.25) is 0 Å². The second kappa shape index (κ2) is 6.41. The van der Waals surface area contributed by atoms with Crippen LogP contribution in [-0.2, 0) is 0 Å². The maximum Gasteiger partial charge on any atom is 0.317 e. The van der Waals surface area contributed by atoms with Gasteiger partial charge in [0.1, 0.15) is 0 Å². The molecule has 2 amide bonds. The number of piperidine rings is 2. The molecule has 2 atom stereocenters. The van der Waals surface area contributed by atoms with E-state index in [0.717, 1.165) is 26.1 Å². The molecule has 2 rings (SSSR count). The molecule has 0 aromatic carbocycles. The zero-order valence-electron chi connectivity index (χ0n) is 11.8. The smallest absolute Gasteiger partial charge is 0.317 e. The van der Waals surface area contributed by atoms with E-state index in [2.05, 4.69) is 24.2 Å². The molecule has 0 aromatic rings. The molecule has 0 radical (unpaired) electrons. The van der Waals surface area contributed by atoms with Gasteiger partial charge < -0.3 is 15.1 Å². The number of amides is 2. The lowest BCUT2D eigenvalue weighted by Crippen LogP contribution is -2.50. The first-order valence-electron chi connectivity index (χ1n) is 7.40. The normalized spacial score (nSPS) is 30.2. The summed E-state index contributed by atoms with van der Waals surface area (Å²) >= 11 is 0. The molecule has 104 valence electrons. The molecule has 0 saturated carbocycles. The number of urea groups is 1. The van der Waals surface area contributed by atoms with Crippen molar-refractivity contribution in [1.82, 2.24) is 15.1 Å². The molecule has 0 aromatic heterocycles. The van der Waals surface area contributed by atoms with Crippen LogP contribution < -0.4 is 5.32 Å². The van der Waals surface area contributed by atoms with E-state index >= 15 is 0 Å². The zero-order chi connectivity index (χ0) is 13.0. The monoisotopic (exact) mass is 253 g/mol. The van der Waals surface area contributed by atoms with Crippen LogP contribution >= 0.6 is 0 Å². The average Bonchev–Trinajstić information content (AvgIpc) is 2.37. The first kappa shape index (κ1) is 13.7. The highest BCUT2D eigenvalue weighted by atomic mass is 16.2. The third-order valence-electron chi connectivity index (χ3n) is 4.35. The van der Waals surface area contributed by atoms with Crippen molar-refractivity contribution in [2.24, 2.45) is 5.92 Å². The van der Waals surface area contributed by atoms with Gasteiger partial charge in [0.25, 0.3) is 0 Å². The Labute approximate surface area is 111 Å². The van der Waals surface area contributed by atoms with E-state index in [1.807, 2.05) is 4.90 Å². The van der Waals surface area contributed by atoms with Crippen LogP contribution in [-0.4, -0.2) is 55.1 Å². The lowest BCUT2D eigenvalue weighted by Gasteiger charge is -2.34. The van der Waals surface area contributed by atoms with E-state index in [9.17, 15) is 4.79 Å². The molecule has 2 heterocycles. The minimum absolute atomic E-state index is 0.139. The molecule has 0 aliphatic carbocycles. The number of hydrogen-bond donors (Lipinski definition) is 1. The first-order valence-corrected chi connectivity index (χ1v) is 7.40. The predicted octanol–water partition coefficient (Wildman–Crippen LogP) is 1.91. The SMILES string of the molecule is CC1CCCN(C(=O)NCC2CCCCN2C)C1. The third kappa shape index (κ3) is 3.61. The van der Waals surface area contributed by atoms with E-state index in [0.29, 0.717) is 12.0 Å². The van der Waals surface area contributed by atoms with Crippen LogP contribution in [0.2, 0.25) is 0 Å². The molecule has 4 heteroatoms. The van der Waals surface area contributed by atoms with Gasteiger partial charge in [0.15, 0.2) is 0 Å². The highest BCUT2D eigenvalue weighted by Gasteiger charge is 2.23. The Bertz CT molecular complexity index is 282. The summed E-state index contributed by atoms with van der Waals surface area (Å²) in [5.41, 5.74) is 0. The van der Waals surface area contributed by atoms with Crippen molar-refractivity contribution in [3.05, 3.63) is 0 Å². The van der Waals surface area contributed by atoms with Gasteiger partial charge in [-0.1, -0.05) is 13.3 Å². The molecule has 0 bridgehead atoms. The number of rotatable bonds is 2. The molecular weight excluding hydrogens is 226 g/mol. The van der Waals surface area contributed by atoms with Gasteiger partial charge in [-0.25, -0.2) is 4.79 Å². The molecular formula is C14H27N3O. The van der Waals surface area contributed by atoms with E-state index in [-0.39, 0.29) is 6.03 Å². The Kier molecular flexibility index (Phi) is 4.87. The number of carbonyl (C=O) groups excluding carboxylic acids is 1. The van der Waals surface area contributed by atoms with Gasteiger partial charge >= 0.3 is 6.03 Å². The lowest BCUT2D eigenvalue weighted by atomic mass is 10.0. The Morgan fingerprint density at radius 3 is 2.78 bits per heavy atom. The molecule has 2 aliphatic heterocycles. The highest BCUT2D eigenvalue weighted by molar-refractivity contribution is 5.74. The van der Waals surface area contributed by atoms with Crippen LogP contribution in [0.15, 0.2) is 0 Å². The molecule has 2 aliphatic rings. The summed E-state index contributed by atoms with van der Waals surface area (Å²) in [6.45, 7) is 6.05. The van der Waals surface area contributed by atoms with Crippen LogP contribution in [0.25, 0.3) is 0 Å².